The van der Waals surface area contributed by atoms with E-state index in [0.29, 0.717) is 5.92 Å². The average Bonchev–Trinajstić information content (AvgIpc) is 2.43. The largest absolute Gasteiger partial charge is 0.348 e. The van der Waals surface area contributed by atoms with Gasteiger partial charge in [0.25, 0.3) is 5.91 Å². The summed E-state index contributed by atoms with van der Waals surface area (Å²) in [6, 6.07) is 3.00. The van der Waals surface area contributed by atoms with Crippen LogP contribution in [-0.2, 0) is 0 Å². The summed E-state index contributed by atoms with van der Waals surface area (Å²) < 4.78 is 26.6. The fourth-order valence-corrected chi connectivity index (χ4v) is 3.05. The van der Waals surface area contributed by atoms with Crippen molar-refractivity contribution in [1.82, 2.24) is 10.2 Å². The zero-order valence-corrected chi connectivity index (χ0v) is 10.5. The molecule has 0 saturated carbocycles. The molecule has 1 amide bonds. The number of fused-ring (bicyclic) bond motifs is 3. The Hall–Kier alpha value is -1.49. The molecule has 19 heavy (non-hydrogen) atoms. The van der Waals surface area contributed by atoms with Crippen LogP contribution in [0.4, 0.5) is 8.78 Å². The van der Waals surface area contributed by atoms with Crippen molar-refractivity contribution in [2.45, 2.75) is 18.9 Å². The molecule has 1 unspecified atom stereocenters. The lowest BCUT2D eigenvalue weighted by molar-refractivity contribution is 0.0618. The van der Waals surface area contributed by atoms with Crippen LogP contribution in [0.3, 0.4) is 0 Å². The lowest BCUT2D eigenvalue weighted by atomic mass is 9.84. The molecule has 1 atom stereocenters. The van der Waals surface area contributed by atoms with Gasteiger partial charge in [-0.3, -0.25) is 4.79 Å². The van der Waals surface area contributed by atoms with Crippen molar-refractivity contribution in [1.29, 1.82) is 0 Å². The Morgan fingerprint density at radius 2 is 2.00 bits per heavy atom. The first-order chi connectivity index (χ1) is 9.13. The van der Waals surface area contributed by atoms with Crippen LogP contribution in [-0.4, -0.2) is 36.5 Å². The van der Waals surface area contributed by atoms with E-state index in [1.165, 1.54) is 0 Å². The van der Waals surface area contributed by atoms with Gasteiger partial charge in [0.2, 0.25) is 0 Å². The second-order valence-electron chi connectivity index (χ2n) is 5.34. The summed E-state index contributed by atoms with van der Waals surface area (Å²) in [5.41, 5.74) is -0.212. The van der Waals surface area contributed by atoms with Crippen LogP contribution in [0.2, 0.25) is 0 Å². The number of nitrogens with zero attached hydrogens (tertiary/aromatic N) is 1. The molecule has 0 aliphatic carbocycles. The molecule has 3 nitrogen and oxygen atoms in total. The molecule has 0 spiro atoms. The van der Waals surface area contributed by atoms with E-state index in [4.69, 9.17) is 0 Å². The normalized spacial score (nSPS) is 29.3. The minimum atomic E-state index is -0.680. The monoisotopic (exact) mass is 266 g/mol. The van der Waals surface area contributed by atoms with Crippen molar-refractivity contribution >= 4 is 5.91 Å². The van der Waals surface area contributed by atoms with Crippen molar-refractivity contribution in [3.8, 4) is 0 Å². The molecule has 2 bridgehead atoms. The zero-order chi connectivity index (χ0) is 13.4. The smallest absolute Gasteiger partial charge is 0.254 e. The van der Waals surface area contributed by atoms with Gasteiger partial charge in [0, 0.05) is 12.6 Å². The third-order valence-electron chi connectivity index (χ3n) is 4.15. The van der Waals surface area contributed by atoms with Crippen molar-refractivity contribution in [2.24, 2.45) is 5.92 Å². The maximum atomic E-state index is 13.5. The van der Waals surface area contributed by atoms with Crippen molar-refractivity contribution in [2.75, 3.05) is 19.6 Å². The molecular formula is C14H16F2N2O. The van der Waals surface area contributed by atoms with Crippen LogP contribution >= 0.6 is 0 Å². The molecule has 3 fully saturated rings. The number of amides is 1. The number of hydrogen-bond donors (Lipinski definition) is 1. The first kappa shape index (κ1) is 12.5. The number of carbonyl (C=O) groups is 1. The number of piperidine rings is 3. The molecule has 1 N–H and O–H groups in total. The summed E-state index contributed by atoms with van der Waals surface area (Å²) >= 11 is 0. The van der Waals surface area contributed by atoms with Gasteiger partial charge in [-0.25, -0.2) is 8.78 Å². The topological polar surface area (TPSA) is 32.3 Å². The average molecular weight is 266 g/mol. The lowest BCUT2D eigenvalue weighted by Crippen LogP contribution is -2.57. The first-order valence-corrected chi connectivity index (χ1v) is 6.62. The molecule has 5 heteroatoms. The molecule has 3 aliphatic rings. The molecule has 0 aromatic heterocycles. The highest BCUT2D eigenvalue weighted by atomic mass is 19.1. The van der Waals surface area contributed by atoms with Gasteiger partial charge < -0.3 is 10.2 Å². The summed E-state index contributed by atoms with van der Waals surface area (Å²) in [6.45, 7) is 2.96. The van der Waals surface area contributed by atoms with Crippen LogP contribution < -0.4 is 5.32 Å². The fraction of sp³-hybridized carbons (Fsp3) is 0.500. The van der Waals surface area contributed by atoms with Gasteiger partial charge >= 0.3 is 0 Å². The molecule has 102 valence electrons. The zero-order valence-electron chi connectivity index (χ0n) is 10.5. The van der Waals surface area contributed by atoms with Crippen LogP contribution in [0, 0.1) is 17.6 Å². The highest BCUT2D eigenvalue weighted by molar-refractivity contribution is 5.94. The number of benzene rings is 1. The molecule has 1 aromatic carbocycles. The molecule has 0 radical (unpaired) electrons. The predicted octanol–water partition coefficient (Wildman–Crippen LogP) is 1.79. The van der Waals surface area contributed by atoms with E-state index in [0.717, 1.165) is 50.7 Å². The fourth-order valence-electron chi connectivity index (χ4n) is 3.05. The first-order valence-electron chi connectivity index (χ1n) is 6.62. The van der Waals surface area contributed by atoms with Crippen molar-refractivity contribution < 1.29 is 13.6 Å². The number of hydrogen-bond acceptors (Lipinski definition) is 2. The predicted molar refractivity (Wildman–Crippen MR) is 66.8 cm³/mol. The Morgan fingerprint density at radius 1 is 1.26 bits per heavy atom. The molecule has 3 saturated heterocycles. The molecule has 3 heterocycles. The minimum absolute atomic E-state index is 0.0534. The molecule has 1 aromatic rings. The van der Waals surface area contributed by atoms with E-state index < -0.39 is 17.5 Å². The van der Waals surface area contributed by atoms with E-state index in [-0.39, 0.29) is 11.6 Å². The van der Waals surface area contributed by atoms with E-state index in [9.17, 15) is 13.6 Å². The summed E-state index contributed by atoms with van der Waals surface area (Å²) in [7, 11) is 0. The summed E-state index contributed by atoms with van der Waals surface area (Å²) in [5, 5.41) is 2.85. The number of halogens is 2. The minimum Gasteiger partial charge on any atom is -0.348 e. The second kappa shape index (κ2) is 4.89. The van der Waals surface area contributed by atoms with Crippen LogP contribution in [0.15, 0.2) is 18.2 Å². The molecule has 4 rings (SSSR count). The quantitative estimate of drug-likeness (QED) is 0.885. The van der Waals surface area contributed by atoms with Crippen LogP contribution in [0.1, 0.15) is 23.2 Å². The Kier molecular flexibility index (Phi) is 3.22. The van der Waals surface area contributed by atoms with Gasteiger partial charge in [0.15, 0.2) is 0 Å². The number of nitrogens with one attached hydrogen (secondary N) is 1. The van der Waals surface area contributed by atoms with E-state index in [1.54, 1.807) is 0 Å². The van der Waals surface area contributed by atoms with Gasteiger partial charge in [-0.2, -0.15) is 0 Å². The van der Waals surface area contributed by atoms with Gasteiger partial charge in [-0.15, -0.1) is 0 Å². The summed E-state index contributed by atoms with van der Waals surface area (Å²) in [6.07, 6.45) is 2.13. The van der Waals surface area contributed by atoms with Crippen LogP contribution in [0.25, 0.3) is 0 Å². The Bertz CT molecular complexity index is 498. The maximum absolute atomic E-state index is 13.5. The standard InChI is InChI=1S/C14H16F2N2O/c15-10-1-2-12(16)11(7-10)14(19)17-13-8-18-5-3-9(13)4-6-18/h1-2,7,9,13H,3-6,8H2,(H,17,19). The van der Waals surface area contributed by atoms with E-state index in [1.807, 2.05) is 0 Å². The van der Waals surface area contributed by atoms with Gasteiger partial charge in [0.05, 0.1) is 5.56 Å². The third kappa shape index (κ3) is 2.47. The lowest BCUT2D eigenvalue weighted by Gasteiger charge is -2.44. The summed E-state index contributed by atoms with van der Waals surface area (Å²) in [5.74, 6) is -1.33. The highest BCUT2D eigenvalue weighted by Crippen LogP contribution is 2.27. The highest BCUT2D eigenvalue weighted by Gasteiger charge is 2.35. The molecule has 3 aliphatic heterocycles. The van der Waals surface area contributed by atoms with Crippen LogP contribution in [0.5, 0.6) is 0 Å². The number of carbonyl (C=O) groups excluding carboxylic acids is 1. The SMILES string of the molecule is O=C(NC1CN2CCC1CC2)c1cc(F)ccc1F. The van der Waals surface area contributed by atoms with E-state index in [2.05, 4.69) is 10.2 Å². The Labute approximate surface area is 110 Å². The van der Waals surface area contributed by atoms with Crippen molar-refractivity contribution in [3.63, 3.8) is 0 Å². The summed E-state index contributed by atoms with van der Waals surface area (Å²) in [4.78, 5) is 14.3. The number of rotatable bonds is 2. The van der Waals surface area contributed by atoms with Gasteiger partial charge in [-0.1, -0.05) is 0 Å². The van der Waals surface area contributed by atoms with Gasteiger partial charge in [0.1, 0.15) is 11.6 Å². The maximum Gasteiger partial charge on any atom is 0.254 e. The Balaban J connectivity index is 1.73. The van der Waals surface area contributed by atoms with E-state index >= 15 is 0 Å². The third-order valence-corrected chi connectivity index (χ3v) is 4.15. The van der Waals surface area contributed by atoms with Crippen molar-refractivity contribution in [3.05, 3.63) is 35.4 Å². The van der Waals surface area contributed by atoms with Gasteiger partial charge in [-0.05, 0) is 50.0 Å². The second-order valence-corrected chi connectivity index (χ2v) is 5.34. The molecular weight excluding hydrogens is 250 g/mol. The Morgan fingerprint density at radius 3 is 2.63 bits per heavy atom.